The van der Waals surface area contributed by atoms with Crippen LogP contribution in [0.4, 0.5) is 20.3 Å². The Kier molecular flexibility index (Phi) is 8.69. The standard InChI is InChI=1S/C42H39F2N9O5/c43-30-14-22(6-11-32(30)53-39-36(38(45)46-21-47-39)37(49-53)23-7-9-27(10-8-23)58-26-4-2-1-3-5-26)18-50-19-24-15-25(20-50)51(24)34-17-29-28(16-31(34)44)41(56)52(42(29)57)33-12-13-35(54)48-40(33)55/h1-5,7-10,16-17,21-22,24-25,30,32-33H,6,11-15,18-20H2,(H2,45,46,47)(H,48,54,55). The molecule has 4 saturated heterocycles. The van der Waals surface area contributed by atoms with Crippen LogP contribution in [0.3, 0.4) is 0 Å². The van der Waals surface area contributed by atoms with Crippen molar-refractivity contribution in [1.29, 1.82) is 0 Å². The summed E-state index contributed by atoms with van der Waals surface area (Å²) in [6.07, 6.45) is 2.77. The van der Waals surface area contributed by atoms with Gasteiger partial charge in [-0.05, 0) is 86.6 Å². The number of benzene rings is 3. The predicted molar refractivity (Wildman–Crippen MR) is 207 cm³/mol. The second kappa shape index (κ2) is 14.0. The number of nitrogens with two attached hydrogens (primary N) is 1. The van der Waals surface area contributed by atoms with Crippen molar-refractivity contribution in [2.75, 3.05) is 30.3 Å². The number of hydrogen-bond donors (Lipinski definition) is 2. The minimum Gasteiger partial charge on any atom is -0.457 e. The van der Waals surface area contributed by atoms with Crippen LogP contribution in [0.25, 0.3) is 22.3 Å². The third-order valence-corrected chi connectivity index (χ3v) is 12.4. The van der Waals surface area contributed by atoms with Crippen molar-refractivity contribution < 1.29 is 32.7 Å². The molecule has 3 N–H and O–H groups in total. The van der Waals surface area contributed by atoms with Gasteiger partial charge in [-0.15, -0.1) is 0 Å². The number of amides is 4. The molecule has 296 valence electrons. The van der Waals surface area contributed by atoms with Gasteiger partial charge < -0.3 is 15.4 Å². The molecular formula is C42H39F2N9O5. The van der Waals surface area contributed by atoms with Crippen LogP contribution in [-0.4, -0.2) is 97.1 Å². The van der Waals surface area contributed by atoms with Crippen LogP contribution in [0, 0.1) is 11.7 Å². The van der Waals surface area contributed by atoms with Gasteiger partial charge in [-0.3, -0.25) is 34.3 Å². The van der Waals surface area contributed by atoms with Crippen molar-refractivity contribution in [3.8, 4) is 22.8 Å². The van der Waals surface area contributed by atoms with Gasteiger partial charge in [0.15, 0.2) is 5.65 Å². The van der Waals surface area contributed by atoms with Crippen LogP contribution in [0.1, 0.15) is 65.3 Å². The van der Waals surface area contributed by atoms with E-state index in [4.69, 9.17) is 15.6 Å². The number of para-hydroxylation sites is 1. The van der Waals surface area contributed by atoms with Crippen molar-refractivity contribution in [1.82, 2.24) is 34.9 Å². The Morgan fingerprint density at radius 2 is 1.59 bits per heavy atom. The lowest BCUT2D eigenvalue weighted by molar-refractivity contribution is -0.136. The second-order valence-electron chi connectivity index (χ2n) is 15.9. The normalized spacial score (nSPS) is 25.8. The first-order valence-corrected chi connectivity index (χ1v) is 19.6. The Morgan fingerprint density at radius 1 is 0.862 bits per heavy atom. The van der Waals surface area contributed by atoms with Gasteiger partial charge in [0.1, 0.15) is 47.4 Å². The summed E-state index contributed by atoms with van der Waals surface area (Å²) < 4.78 is 39.6. The fourth-order valence-corrected chi connectivity index (χ4v) is 9.64. The average Bonchev–Trinajstić information content (AvgIpc) is 3.70. The number of nitrogen functional groups attached to an aromatic ring is 1. The van der Waals surface area contributed by atoms with E-state index in [0.29, 0.717) is 55.0 Å². The van der Waals surface area contributed by atoms with Gasteiger partial charge >= 0.3 is 0 Å². The number of nitrogens with one attached hydrogen (secondary N) is 1. The maximum Gasteiger partial charge on any atom is 0.262 e. The molecule has 0 spiro atoms. The third kappa shape index (κ3) is 6.04. The molecule has 1 aliphatic carbocycles. The number of hydrogen-bond acceptors (Lipinski definition) is 11. The zero-order chi connectivity index (χ0) is 39.8. The van der Waals surface area contributed by atoms with Crippen LogP contribution < -0.4 is 20.7 Å². The number of halogens is 2. The van der Waals surface area contributed by atoms with Gasteiger partial charge in [-0.25, -0.2) is 23.4 Å². The van der Waals surface area contributed by atoms with Gasteiger partial charge in [0.2, 0.25) is 11.8 Å². The molecule has 5 aromatic rings. The van der Waals surface area contributed by atoms with E-state index >= 15 is 8.78 Å². The Balaban J connectivity index is 0.799. The minimum absolute atomic E-state index is 0.000395. The van der Waals surface area contributed by atoms with Crippen LogP contribution in [0.15, 0.2) is 73.1 Å². The highest BCUT2D eigenvalue weighted by Crippen LogP contribution is 2.43. The number of imide groups is 2. The monoisotopic (exact) mass is 787 g/mol. The molecule has 6 aliphatic rings. The highest BCUT2D eigenvalue weighted by Gasteiger charge is 2.49. The van der Waals surface area contributed by atoms with Gasteiger partial charge in [-0.2, -0.15) is 5.10 Å². The van der Waals surface area contributed by atoms with E-state index in [2.05, 4.69) is 20.2 Å². The lowest BCUT2D eigenvalue weighted by Gasteiger charge is -2.58. The molecule has 7 heterocycles. The average molecular weight is 788 g/mol. The van der Waals surface area contributed by atoms with E-state index in [1.807, 2.05) is 59.5 Å². The van der Waals surface area contributed by atoms with Crippen molar-refractivity contribution >= 4 is 46.2 Å². The third-order valence-electron chi connectivity index (χ3n) is 12.4. The summed E-state index contributed by atoms with van der Waals surface area (Å²) in [5.74, 6) is -1.44. The van der Waals surface area contributed by atoms with Crippen molar-refractivity contribution in [3.05, 3.63) is 90.0 Å². The van der Waals surface area contributed by atoms with E-state index in [1.54, 1.807) is 4.68 Å². The smallest absolute Gasteiger partial charge is 0.262 e. The van der Waals surface area contributed by atoms with Gasteiger partial charge in [0.05, 0.1) is 28.2 Å². The Morgan fingerprint density at radius 3 is 2.31 bits per heavy atom. The van der Waals surface area contributed by atoms with Crippen LogP contribution >= 0.6 is 0 Å². The van der Waals surface area contributed by atoms with Crippen LogP contribution in [0.2, 0.25) is 0 Å². The lowest BCUT2D eigenvalue weighted by Crippen LogP contribution is -2.69. The number of aromatic nitrogens is 4. The van der Waals surface area contributed by atoms with Crippen molar-refractivity contribution in [2.45, 2.75) is 68.9 Å². The zero-order valence-electron chi connectivity index (χ0n) is 31.3. The fraction of sp³-hybridized carbons (Fsp3) is 0.357. The molecule has 2 bridgehead atoms. The lowest BCUT2D eigenvalue weighted by atomic mass is 9.82. The van der Waals surface area contributed by atoms with Crippen molar-refractivity contribution in [3.63, 3.8) is 0 Å². The highest BCUT2D eigenvalue weighted by molar-refractivity contribution is 6.23. The molecule has 14 nitrogen and oxygen atoms in total. The number of carbonyl (C=O) groups is 4. The van der Waals surface area contributed by atoms with E-state index in [-0.39, 0.29) is 53.5 Å². The van der Waals surface area contributed by atoms with Crippen molar-refractivity contribution in [2.24, 2.45) is 5.92 Å². The first-order valence-electron chi connectivity index (χ1n) is 19.6. The molecule has 5 aliphatic heterocycles. The minimum atomic E-state index is -1.18. The maximum atomic E-state index is 16.3. The number of fused-ring (bicyclic) bond motifs is 4. The largest absolute Gasteiger partial charge is 0.457 e. The summed E-state index contributed by atoms with van der Waals surface area (Å²) in [6, 6.07) is 17.8. The molecule has 58 heavy (non-hydrogen) atoms. The quantitative estimate of drug-likeness (QED) is 0.202. The molecule has 4 amide bonds. The molecule has 0 radical (unpaired) electrons. The molecule has 2 aromatic heterocycles. The van der Waals surface area contributed by atoms with Gasteiger partial charge in [-0.1, -0.05) is 18.2 Å². The summed E-state index contributed by atoms with van der Waals surface area (Å²) in [6.45, 7) is 2.00. The van der Waals surface area contributed by atoms with E-state index in [0.717, 1.165) is 35.1 Å². The number of nitrogens with zero attached hydrogens (tertiary/aromatic N) is 7. The second-order valence-corrected chi connectivity index (χ2v) is 15.9. The topological polar surface area (TPSA) is 169 Å². The molecule has 3 aromatic carbocycles. The summed E-state index contributed by atoms with van der Waals surface area (Å²) in [5.41, 5.74) is 8.44. The summed E-state index contributed by atoms with van der Waals surface area (Å²) in [7, 11) is 0. The number of alkyl halides is 1. The first-order chi connectivity index (χ1) is 28.1. The Hall–Kier alpha value is -6.29. The Bertz CT molecular complexity index is 2490. The summed E-state index contributed by atoms with van der Waals surface area (Å²) in [5, 5.41) is 7.66. The van der Waals surface area contributed by atoms with Crippen LogP contribution in [0.5, 0.6) is 11.5 Å². The number of piperidine rings is 2. The summed E-state index contributed by atoms with van der Waals surface area (Å²) >= 11 is 0. The van der Waals surface area contributed by atoms with E-state index < -0.39 is 47.7 Å². The van der Waals surface area contributed by atoms with E-state index in [9.17, 15) is 19.2 Å². The number of carbonyl (C=O) groups excluding carboxylic acids is 4. The van der Waals surface area contributed by atoms with Gasteiger partial charge in [0.25, 0.3) is 11.8 Å². The van der Waals surface area contributed by atoms with E-state index in [1.165, 1.54) is 12.4 Å². The number of rotatable bonds is 8. The van der Waals surface area contributed by atoms with Gasteiger partial charge in [0, 0.05) is 43.7 Å². The number of piperazine rings is 1. The molecule has 6 atom stereocenters. The maximum absolute atomic E-state index is 16.3. The summed E-state index contributed by atoms with van der Waals surface area (Å²) in [4.78, 5) is 64.6. The SMILES string of the molecule is Nc1ncnc2c1c(-c1ccc(Oc3ccccc3)cc1)nn2C1CCC(CN2CC3CC(C2)N3c2cc3c(cc2F)C(=O)N(C2CCC(=O)NC2=O)C3=O)CC1F. The molecule has 6 unspecified atom stereocenters. The molecule has 11 rings (SSSR count). The highest BCUT2D eigenvalue weighted by atomic mass is 19.1. The Labute approximate surface area is 330 Å². The molecule has 1 saturated carbocycles. The first kappa shape index (κ1) is 36.1. The molecule has 16 heteroatoms. The number of ether oxygens (including phenoxy) is 1. The fourth-order valence-electron chi connectivity index (χ4n) is 9.64. The van der Waals surface area contributed by atoms with Crippen LogP contribution in [-0.2, 0) is 9.59 Å². The zero-order valence-corrected chi connectivity index (χ0v) is 31.3. The number of anilines is 2. The molecule has 5 fully saturated rings. The molecular weight excluding hydrogens is 749 g/mol. The predicted octanol–water partition coefficient (Wildman–Crippen LogP) is 5.05.